The molecule has 2 aromatic heterocycles. The van der Waals surface area contributed by atoms with Crippen LogP contribution in [0.5, 0.6) is 5.75 Å². The van der Waals surface area contributed by atoms with Gasteiger partial charge in [0.05, 0.1) is 17.1 Å². The number of H-pyrrole nitrogens is 1. The van der Waals surface area contributed by atoms with Crippen molar-refractivity contribution in [2.45, 2.75) is 13.8 Å². The van der Waals surface area contributed by atoms with E-state index in [2.05, 4.69) is 25.6 Å². The van der Waals surface area contributed by atoms with Gasteiger partial charge in [-0.2, -0.15) is 4.98 Å². The summed E-state index contributed by atoms with van der Waals surface area (Å²) in [6.45, 7) is 4.35. The van der Waals surface area contributed by atoms with Crippen LogP contribution in [0.25, 0.3) is 11.1 Å². The number of aromatic amines is 1. The maximum absolute atomic E-state index is 11.3. The zero-order chi connectivity index (χ0) is 20.4. The number of anilines is 4. The highest BCUT2D eigenvalue weighted by atomic mass is 35.5. The quantitative estimate of drug-likeness (QED) is 0.420. The van der Waals surface area contributed by atoms with Crippen molar-refractivity contribution in [1.82, 2.24) is 15.0 Å². The van der Waals surface area contributed by atoms with Crippen molar-refractivity contribution < 1.29 is 9.15 Å². The highest BCUT2D eigenvalue weighted by Crippen LogP contribution is 2.29. The van der Waals surface area contributed by atoms with Gasteiger partial charge >= 0.3 is 5.76 Å². The van der Waals surface area contributed by atoms with E-state index in [4.69, 9.17) is 20.8 Å². The Morgan fingerprint density at radius 1 is 1.17 bits per heavy atom. The Morgan fingerprint density at radius 2 is 1.97 bits per heavy atom. The van der Waals surface area contributed by atoms with E-state index in [0.29, 0.717) is 40.2 Å². The number of hydrogen-bond acceptors (Lipinski definition) is 7. The number of aryl methyl sites for hydroxylation is 1. The SMILES string of the molecule is CCOc1ccc(Nc2ncc(C)c(Nc3ccc4oc(=O)[nH]c4c3)n2)cc1Cl. The topological polar surface area (TPSA) is 105 Å². The molecular weight excluding hydrogens is 394 g/mol. The lowest BCUT2D eigenvalue weighted by atomic mass is 10.2. The molecule has 0 unspecified atom stereocenters. The molecule has 2 heterocycles. The summed E-state index contributed by atoms with van der Waals surface area (Å²) in [5.74, 6) is 1.18. The number of benzene rings is 2. The molecule has 0 aliphatic heterocycles. The maximum atomic E-state index is 11.3. The van der Waals surface area contributed by atoms with Gasteiger partial charge < -0.3 is 19.8 Å². The van der Waals surface area contributed by atoms with Crippen LogP contribution < -0.4 is 21.1 Å². The van der Waals surface area contributed by atoms with E-state index < -0.39 is 5.76 Å². The van der Waals surface area contributed by atoms with Crippen LogP contribution in [0.4, 0.5) is 23.1 Å². The van der Waals surface area contributed by atoms with Crippen LogP contribution in [-0.4, -0.2) is 21.6 Å². The van der Waals surface area contributed by atoms with Crippen molar-refractivity contribution >= 4 is 45.8 Å². The second-order valence-electron chi connectivity index (χ2n) is 6.28. The molecule has 4 aromatic rings. The summed E-state index contributed by atoms with van der Waals surface area (Å²) in [7, 11) is 0. The molecule has 0 bridgehead atoms. The van der Waals surface area contributed by atoms with E-state index in [0.717, 1.165) is 16.9 Å². The molecule has 0 amide bonds. The van der Waals surface area contributed by atoms with Crippen molar-refractivity contribution in [2.75, 3.05) is 17.2 Å². The molecule has 9 heteroatoms. The first-order valence-electron chi connectivity index (χ1n) is 8.95. The van der Waals surface area contributed by atoms with Crippen LogP contribution in [-0.2, 0) is 0 Å². The monoisotopic (exact) mass is 411 g/mol. The third-order valence-corrected chi connectivity index (χ3v) is 4.44. The van der Waals surface area contributed by atoms with Gasteiger partial charge in [-0.3, -0.25) is 4.98 Å². The first kappa shape index (κ1) is 18.8. The lowest BCUT2D eigenvalue weighted by Gasteiger charge is -2.12. The van der Waals surface area contributed by atoms with Gasteiger partial charge in [0, 0.05) is 23.1 Å². The fourth-order valence-electron chi connectivity index (χ4n) is 2.78. The van der Waals surface area contributed by atoms with E-state index in [1.807, 2.05) is 19.9 Å². The summed E-state index contributed by atoms with van der Waals surface area (Å²) in [5, 5.41) is 6.88. The largest absolute Gasteiger partial charge is 0.492 e. The minimum atomic E-state index is -0.490. The fraction of sp³-hybridized carbons (Fsp3) is 0.150. The Hall–Kier alpha value is -3.52. The molecule has 29 heavy (non-hydrogen) atoms. The second-order valence-corrected chi connectivity index (χ2v) is 6.69. The van der Waals surface area contributed by atoms with Gasteiger partial charge in [-0.25, -0.2) is 9.78 Å². The average Bonchev–Trinajstić information content (AvgIpc) is 3.06. The van der Waals surface area contributed by atoms with Crippen LogP contribution in [0, 0.1) is 6.92 Å². The standard InChI is InChI=1S/C20H18ClN5O3/c1-3-28-16-6-4-12(8-14(16)21)24-19-22-10-11(2)18(26-19)23-13-5-7-17-15(9-13)25-20(27)29-17/h4-10H,3H2,1-2H3,(H,25,27)(H2,22,23,24,26). The molecule has 0 fully saturated rings. The van der Waals surface area contributed by atoms with Crippen LogP contribution in [0.1, 0.15) is 12.5 Å². The van der Waals surface area contributed by atoms with Crippen LogP contribution >= 0.6 is 11.6 Å². The first-order valence-corrected chi connectivity index (χ1v) is 9.32. The minimum Gasteiger partial charge on any atom is -0.492 e. The van der Waals surface area contributed by atoms with Crippen molar-refractivity contribution in [3.63, 3.8) is 0 Å². The van der Waals surface area contributed by atoms with Crippen molar-refractivity contribution in [3.8, 4) is 5.75 Å². The smallest absolute Gasteiger partial charge is 0.417 e. The highest BCUT2D eigenvalue weighted by molar-refractivity contribution is 6.32. The molecule has 0 aliphatic carbocycles. The Labute approximate surface area is 170 Å². The van der Waals surface area contributed by atoms with Gasteiger partial charge in [0.15, 0.2) is 5.58 Å². The van der Waals surface area contributed by atoms with Gasteiger partial charge in [0.1, 0.15) is 11.6 Å². The number of aromatic nitrogens is 3. The molecule has 0 aliphatic rings. The van der Waals surface area contributed by atoms with Crippen LogP contribution in [0.15, 0.2) is 51.8 Å². The van der Waals surface area contributed by atoms with Crippen LogP contribution in [0.2, 0.25) is 5.02 Å². The molecule has 148 valence electrons. The minimum absolute atomic E-state index is 0.413. The van der Waals surface area contributed by atoms with Crippen molar-refractivity contribution in [1.29, 1.82) is 0 Å². The van der Waals surface area contributed by atoms with E-state index in [9.17, 15) is 4.79 Å². The van der Waals surface area contributed by atoms with E-state index in [1.165, 1.54) is 0 Å². The zero-order valence-corrected chi connectivity index (χ0v) is 16.5. The summed E-state index contributed by atoms with van der Waals surface area (Å²) >= 11 is 6.24. The average molecular weight is 412 g/mol. The number of halogens is 1. The number of hydrogen-bond donors (Lipinski definition) is 3. The van der Waals surface area contributed by atoms with Crippen LogP contribution in [0.3, 0.4) is 0 Å². The number of oxazole rings is 1. The summed E-state index contributed by atoms with van der Waals surface area (Å²) in [6.07, 6.45) is 1.71. The first-order chi connectivity index (χ1) is 14.0. The van der Waals surface area contributed by atoms with Gasteiger partial charge in [-0.15, -0.1) is 0 Å². The predicted octanol–water partition coefficient (Wildman–Crippen LogP) is 4.76. The maximum Gasteiger partial charge on any atom is 0.417 e. The second kappa shape index (κ2) is 7.84. The number of ether oxygens (including phenoxy) is 1. The molecule has 3 N–H and O–H groups in total. The molecule has 0 saturated carbocycles. The molecule has 0 spiro atoms. The number of rotatable bonds is 6. The zero-order valence-electron chi connectivity index (χ0n) is 15.7. The third kappa shape index (κ3) is 4.17. The van der Waals surface area contributed by atoms with Gasteiger partial charge in [0.25, 0.3) is 0 Å². The summed E-state index contributed by atoms with van der Waals surface area (Å²) in [4.78, 5) is 22.8. The summed E-state index contributed by atoms with van der Waals surface area (Å²) < 4.78 is 10.5. The number of nitrogens with one attached hydrogen (secondary N) is 3. The molecule has 0 saturated heterocycles. The molecule has 4 rings (SSSR count). The Bertz CT molecular complexity index is 1230. The molecule has 2 aromatic carbocycles. The lowest BCUT2D eigenvalue weighted by Crippen LogP contribution is -2.03. The Balaban J connectivity index is 1.56. The van der Waals surface area contributed by atoms with Crippen molar-refractivity contribution in [2.24, 2.45) is 0 Å². The van der Waals surface area contributed by atoms with Gasteiger partial charge in [0.2, 0.25) is 5.95 Å². The summed E-state index contributed by atoms with van der Waals surface area (Å²) in [6, 6.07) is 10.7. The molecule has 0 radical (unpaired) electrons. The van der Waals surface area contributed by atoms with Gasteiger partial charge in [-0.1, -0.05) is 11.6 Å². The van der Waals surface area contributed by atoms with E-state index in [1.54, 1.807) is 36.5 Å². The normalized spacial score (nSPS) is 10.9. The Kier molecular flexibility index (Phi) is 5.09. The fourth-order valence-corrected chi connectivity index (χ4v) is 3.01. The molecule has 8 nitrogen and oxygen atoms in total. The van der Waals surface area contributed by atoms with E-state index in [-0.39, 0.29) is 0 Å². The third-order valence-electron chi connectivity index (χ3n) is 4.14. The molecular formula is C20H18ClN5O3. The van der Waals surface area contributed by atoms with Crippen molar-refractivity contribution in [3.05, 3.63) is 63.7 Å². The Morgan fingerprint density at radius 3 is 2.76 bits per heavy atom. The number of fused-ring (bicyclic) bond motifs is 1. The number of nitrogens with zero attached hydrogens (tertiary/aromatic N) is 2. The predicted molar refractivity (Wildman–Crippen MR) is 113 cm³/mol. The summed E-state index contributed by atoms with van der Waals surface area (Å²) in [5.41, 5.74) is 3.46. The lowest BCUT2D eigenvalue weighted by molar-refractivity contribution is 0.340. The highest BCUT2D eigenvalue weighted by Gasteiger charge is 2.08. The van der Waals surface area contributed by atoms with E-state index >= 15 is 0 Å². The molecule has 0 atom stereocenters. The van der Waals surface area contributed by atoms with Gasteiger partial charge in [-0.05, 0) is 50.2 Å².